The molecule has 2 aliphatic carbocycles. The Kier molecular flexibility index (Phi) is 5.44. The highest BCUT2D eigenvalue weighted by molar-refractivity contribution is 5.75. The van der Waals surface area contributed by atoms with Gasteiger partial charge >= 0.3 is 0 Å². The first-order valence-electron chi connectivity index (χ1n) is 8.31. The molecule has 0 amide bonds. The molecule has 0 aromatic heterocycles. The minimum absolute atomic E-state index is 0.0106. The van der Waals surface area contributed by atoms with Crippen LogP contribution in [0.4, 0.5) is 0 Å². The summed E-state index contributed by atoms with van der Waals surface area (Å²) in [4.78, 5) is 0. The van der Waals surface area contributed by atoms with E-state index < -0.39 is 0 Å². The lowest BCUT2D eigenvalue weighted by Crippen LogP contribution is -2.25. The minimum Gasteiger partial charge on any atom is -0.393 e. The topological polar surface area (TPSA) is 38.7 Å². The number of rotatable bonds is 4. The molecule has 0 radical (unpaired) electrons. The van der Waals surface area contributed by atoms with E-state index in [9.17, 15) is 5.11 Å². The molecule has 1 heterocycles. The molecule has 1 fully saturated rings. The average Bonchev–Trinajstić information content (AvgIpc) is 2.57. The SMILES string of the molecule is Cc1cccc(C(CO)OC2CCCCO2)c1.c1cc2ccc1-2. The minimum atomic E-state index is -0.280. The number of aryl methyl sites for hydroxylation is 1. The van der Waals surface area contributed by atoms with Gasteiger partial charge in [0.25, 0.3) is 0 Å². The Morgan fingerprint density at radius 3 is 2.35 bits per heavy atom. The van der Waals surface area contributed by atoms with Crippen molar-refractivity contribution in [3.8, 4) is 11.1 Å². The van der Waals surface area contributed by atoms with Crippen molar-refractivity contribution in [2.75, 3.05) is 13.2 Å². The molecule has 3 heteroatoms. The second-order valence-electron chi connectivity index (χ2n) is 6.09. The van der Waals surface area contributed by atoms with E-state index in [1.165, 1.54) is 16.7 Å². The van der Waals surface area contributed by atoms with Crippen LogP contribution in [-0.4, -0.2) is 24.6 Å². The van der Waals surface area contributed by atoms with Crippen molar-refractivity contribution >= 4 is 0 Å². The summed E-state index contributed by atoms with van der Waals surface area (Å²) in [7, 11) is 0. The zero-order chi connectivity index (χ0) is 16.1. The van der Waals surface area contributed by atoms with E-state index in [4.69, 9.17) is 9.47 Å². The Morgan fingerprint density at radius 1 is 1.13 bits per heavy atom. The Balaban J connectivity index is 0.000000213. The van der Waals surface area contributed by atoms with Gasteiger partial charge in [0.2, 0.25) is 0 Å². The summed E-state index contributed by atoms with van der Waals surface area (Å²) in [6.45, 7) is 2.79. The number of benzene rings is 2. The molecule has 23 heavy (non-hydrogen) atoms. The summed E-state index contributed by atoms with van der Waals surface area (Å²) < 4.78 is 11.3. The third-order valence-electron chi connectivity index (χ3n) is 4.25. The molecule has 1 saturated heterocycles. The fourth-order valence-corrected chi connectivity index (χ4v) is 2.76. The molecule has 0 saturated carbocycles. The normalized spacial score (nSPS) is 19.5. The molecule has 0 bridgehead atoms. The molecule has 1 N–H and O–H groups in total. The van der Waals surface area contributed by atoms with Crippen LogP contribution in [0.1, 0.15) is 36.5 Å². The van der Waals surface area contributed by atoms with Gasteiger partial charge in [-0.25, -0.2) is 0 Å². The van der Waals surface area contributed by atoms with Crippen LogP contribution in [0.2, 0.25) is 0 Å². The van der Waals surface area contributed by atoms with Gasteiger partial charge in [0.05, 0.1) is 6.61 Å². The van der Waals surface area contributed by atoms with Crippen molar-refractivity contribution in [3.05, 3.63) is 59.7 Å². The lowest BCUT2D eigenvalue weighted by Gasteiger charge is -2.27. The highest BCUT2D eigenvalue weighted by Gasteiger charge is 2.20. The Bertz CT molecular complexity index is 594. The number of fused-ring (bicyclic) bond motifs is 1. The molecule has 1 aromatic rings. The molecular formula is C20H24O3. The smallest absolute Gasteiger partial charge is 0.158 e. The molecule has 122 valence electrons. The second kappa shape index (κ2) is 7.73. The van der Waals surface area contributed by atoms with E-state index >= 15 is 0 Å². The molecule has 1 aromatic carbocycles. The molecule has 2 unspecified atom stereocenters. The van der Waals surface area contributed by atoms with E-state index in [0.29, 0.717) is 0 Å². The lowest BCUT2D eigenvalue weighted by atomic mass is 9.95. The summed E-state index contributed by atoms with van der Waals surface area (Å²) in [5.41, 5.74) is 5.04. The van der Waals surface area contributed by atoms with Crippen molar-refractivity contribution < 1.29 is 14.6 Å². The Morgan fingerprint density at radius 2 is 1.87 bits per heavy atom. The molecule has 0 spiro atoms. The fourth-order valence-electron chi connectivity index (χ4n) is 2.76. The van der Waals surface area contributed by atoms with Crippen molar-refractivity contribution in [1.82, 2.24) is 0 Å². The number of ether oxygens (including phenoxy) is 2. The lowest BCUT2D eigenvalue weighted by molar-refractivity contribution is -0.196. The van der Waals surface area contributed by atoms with Crippen LogP contribution in [0.25, 0.3) is 11.1 Å². The van der Waals surface area contributed by atoms with Crippen molar-refractivity contribution in [3.63, 3.8) is 0 Å². The predicted molar refractivity (Wildman–Crippen MR) is 91.1 cm³/mol. The largest absolute Gasteiger partial charge is 0.393 e. The van der Waals surface area contributed by atoms with Gasteiger partial charge in [-0.1, -0.05) is 54.1 Å². The maximum atomic E-state index is 9.42. The molecule has 3 aliphatic rings. The maximum absolute atomic E-state index is 9.42. The maximum Gasteiger partial charge on any atom is 0.158 e. The zero-order valence-electron chi connectivity index (χ0n) is 13.6. The van der Waals surface area contributed by atoms with Crippen LogP contribution in [0, 0.1) is 6.92 Å². The summed E-state index contributed by atoms with van der Waals surface area (Å²) >= 11 is 0. The third kappa shape index (κ3) is 4.20. The van der Waals surface area contributed by atoms with Crippen LogP contribution in [0.3, 0.4) is 0 Å². The van der Waals surface area contributed by atoms with Gasteiger partial charge in [0.15, 0.2) is 6.29 Å². The summed E-state index contributed by atoms with van der Waals surface area (Å²) in [6, 6.07) is 16.5. The number of hydrogen-bond acceptors (Lipinski definition) is 3. The van der Waals surface area contributed by atoms with Crippen LogP contribution >= 0.6 is 0 Å². The van der Waals surface area contributed by atoms with E-state index in [2.05, 4.69) is 24.3 Å². The van der Waals surface area contributed by atoms with E-state index in [1.54, 1.807) is 0 Å². The molecule has 4 rings (SSSR count). The Labute approximate surface area is 137 Å². The van der Waals surface area contributed by atoms with Crippen LogP contribution < -0.4 is 0 Å². The summed E-state index contributed by atoms with van der Waals surface area (Å²) in [5, 5.41) is 9.42. The van der Waals surface area contributed by atoms with Crippen LogP contribution in [0.15, 0.2) is 48.5 Å². The van der Waals surface area contributed by atoms with E-state index in [0.717, 1.165) is 31.4 Å². The van der Waals surface area contributed by atoms with Crippen LogP contribution in [-0.2, 0) is 9.47 Å². The molecular weight excluding hydrogens is 288 g/mol. The molecule has 2 atom stereocenters. The second-order valence-corrected chi connectivity index (χ2v) is 6.09. The van der Waals surface area contributed by atoms with E-state index in [-0.39, 0.29) is 19.0 Å². The summed E-state index contributed by atoms with van der Waals surface area (Å²) in [5.74, 6) is 0. The first-order valence-corrected chi connectivity index (χ1v) is 8.31. The third-order valence-corrected chi connectivity index (χ3v) is 4.25. The quantitative estimate of drug-likeness (QED) is 0.783. The van der Waals surface area contributed by atoms with Crippen molar-refractivity contribution in [2.24, 2.45) is 0 Å². The first kappa shape index (κ1) is 16.2. The first-order chi connectivity index (χ1) is 11.3. The van der Waals surface area contributed by atoms with Gasteiger partial charge < -0.3 is 14.6 Å². The van der Waals surface area contributed by atoms with Gasteiger partial charge in [-0.3, -0.25) is 0 Å². The van der Waals surface area contributed by atoms with Gasteiger partial charge in [0, 0.05) is 6.61 Å². The van der Waals surface area contributed by atoms with Crippen molar-refractivity contribution in [2.45, 2.75) is 38.6 Å². The highest BCUT2D eigenvalue weighted by Crippen LogP contribution is 2.29. The van der Waals surface area contributed by atoms with Gasteiger partial charge in [-0.2, -0.15) is 0 Å². The number of aliphatic hydroxyl groups excluding tert-OH is 1. The van der Waals surface area contributed by atoms with E-state index in [1.807, 2.05) is 31.2 Å². The standard InChI is InChI=1S/C14H20O3.C6H4/c1-11-5-4-6-12(9-11)13(10-15)17-14-7-2-3-8-16-14;1-2-6-4-3-5(1)6/h4-6,9,13-15H,2-3,7-8,10H2,1H3;1-4H. The average molecular weight is 312 g/mol. The highest BCUT2D eigenvalue weighted by atomic mass is 16.7. The summed E-state index contributed by atoms with van der Waals surface area (Å²) in [6.07, 6.45) is 2.71. The van der Waals surface area contributed by atoms with Gasteiger partial charge in [-0.05, 0) is 42.9 Å². The number of aliphatic hydroxyl groups is 1. The monoisotopic (exact) mass is 312 g/mol. The zero-order valence-corrected chi connectivity index (χ0v) is 13.6. The fraction of sp³-hybridized carbons (Fsp3) is 0.400. The predicted octanol–water partition coefficient (Wildman–Crippen LogP) is 4.24. The van der Waals surface area contributed by atoms with Gasteiger partial charge in [0.1, 0.15) is 6.10 Å². The van der Waals surface area contributed by atoms with Gasteiger partial charge in [-0.15, -0.1) is 0 Å². The Hall–Kier alpha value is -1.68. The number of hydrogen-bond donors (Lipinski definition) is 1. The van der Waals surface area contributed by atoms with Crippen LogP contribution in [0.5, 0.6) is 0 Å². The molecule has 1 aliphatic heterocycles. The van der Waals surface area contributed by atoms with Crippen molar-refractivity contribution in [1.29, 1.82) is 0 Å². The molecule has 3 nitrogen and oxygen atoms in total.